The van der Waals surface area contributed by atoms with Crippen LogP contribution in [0.25, 0.3) is 0 Å². The molecule has 0 aromatic carbocycles. The van der Waals surface area contributed by atoms with E-state index >= 15 is 0 Å². The molecule has 1 aliphatic rings. The second-order valence-electron chi connectivity index (χ2n) is 5.32. The van der Waals surface area contributed by atoms with Gasteiger partial charge in [0.05, 0.1) is 6.20 Å². The molecule has 21 heavy (non-hydrogen) atoms. The highest BCUT2D eigenvalue weighted by molar-refractivity contribution is 7.90. The van der Waals surface area contributed by atoms with Crippen molar-refractivity contribution in [1.29, 1.82) is 0 Å². The molecule has 1 fully saturated rings. The quantitative estimate of drug-likeness (QED) is 0.845. The molecule has 2 N–H and O–H groups in total. The van der Waals surface area contributed by atoms with Gasteiger partial charge in [-0.3, -0.25) is 9.52 Å². The number of hydrogen-bond acceptors (Lipinski definition) is 4. The Morgan fingerprint density at radius 3 is 2.81 bits per heavy atom. The van der Waals surface area contributed by atoms with E-state index in [1.165, 1.54) is 10.9 Å². The van der Waals surface area contributed by atoms with E-state index in [0.717, 1.165) is 4.31 Å². The van der Waals surface area contributed by atoms with E-state index in [4.69, 9.17) is 0 Å². The number of anilines is 1. The maximum Gasteiger partial charge on any atom is 0.322 e. The number of hydrogen-bond donors (Lipinski definition) is 2. The van der Waals surface area contributed by atoms with Crippen LogP contribution in [0, 0.1) is 0 Å². The number of carboxylic acids is 1. The molecule has 118 valence electrons. The lowest BCUT2D eigenvalue weighted by atomic mass is 10.1. The van der Waals surface area contributed by atoms with Gasteiger partial charge in [-0.15, -0.1) is 0 Å². The number of rotatable bonds is 5. The highest BCUT2D eigenvalue weighted by atomic mass is 32.2. The van der Waals surface area contributed by atoms with Gasteiger partial charge in [0.2, 0.25) is 0 Å². The molecule has 0 amide bonds. The Labute approximate surface area is 123 Å². The Morgan fingerprint density at radius 1 is 1.48 bits per heavy atom. The van der Waals surface area contributed by atoms with E-state index in [0.29, 0.717) is 25.1 Å². The zero-order chi connectivity index (χ0) is 15.6. The van der Waals surface area contributed by atoms with Crippen molar-refractivity contribution in [3.05, 3.63) is 12.3 Å². The van der Waals surface area contributed by atoms with Crippen LogP contribution in [0.2, 0.25) is 0 Å². The van der Waals surface area contributed by atoms with Crippen LogP contribution in [-0.4, -0.2) is 46.2 Å². The first-order valence-corrected chi connectivity index (χ1v) is 8.33. The average Bonchev–Trinajstić information content (AvgIpc) is 2.86. The van der Waals surface area contributed by atoms with Gasteiger partial charge in [-0.25, -0.2) is 4.68 Å². The van der Waals surface area contributed by atoms with Gasteiger partial charge in [0.25, 0.3) is 0 Å². The minimum atomic E-state index is -3.91. The predicted molar refractivity (Wildman–Crippen MR) is 77.1 cm³/mol. The molecule has 0 aliphatic carbocycles. The Balaban J connectivity index is 2.24. The minimum Gasteiger partial charge on any atom is -0.480 e. The van der Waals surface area contributed by atoms with Crippen LogP contribution in [0.4, 0.5) is 5.82 Å². The Bertz CT molecular complexity index is 611. The fraction of sp³-hybridized carbons (Fsp3) is 0.667. The van der Waals surface area contributed by atoms with Gasteiger partial charge in [0.1, 0.15) is 11.9 Å². The third-order valence-corrected chi connectivity index (χ3v) is 4.96. The fourth-order valence-electron chi connectivity index (χ4n) is 2.44. The molecule has 1 aromatic heterocycles. The molecule has 1 saturated heterocycles. The smallest absolute Gasteiger partial charge is 0.322 e. The largest absolute Gasteiger partial charge is 0.480 e. The maximum atomic E-state index is 12.5. The highest BCUT2D eigenvalue weighted by Gasteiger charge is 2.37. The summed E-state index contributed by atoms with van der Waals surface area (Å²) >= 11 is 0. The van der Waals surface area contributed by atoms with Gasteiger partial charge in [-0.1, -0.05) is 0 Å². The Kier molecular flexibility index (Phi) is 4.52. The summed E-state index contributed by atoms with van der Waals surface area (Å²) in [6.07, 6.45) is 3.21. The van der Waals surface area contributed by atoms with Crippen LogP contribution in [0.15, 0.2) is 12.3 Å². The van der Waals surface area contributed by atoms with Gasteiger partial charge in [-0.2, -0.15) is 17.8 Å². The molecule has 1 aliphatic heterocycles. The van der Waals surface area contributed by atoms with E-state index in [1.807, 2.05) is 13.8 Å². The highest BCUT2D eigenvalue weighted by Crippen LogP contribution is 2.23. The van der Waals surface area contributed by atoms with Crippen molar-refractivity contribution >= 4 is 22.0 Å². The maximum absolute atomic E-state index is 12.5. The first-order chi connectivity index (χ1) is 9.83. The molecule has 2 rings (SSSR count). The SMILES string of the molecule is CC(C)n1nccc1NS(=O)(=O)N1CCCCC1C(=O)O. The van der Waals surface area contributed by atoms with Crippen molar-refractivity contribution in [2.24, 2.45) is 0 Å². The Hall–Kier alpha value is -1.61. The van der Waals surface area contributed by atoms with Crippen LogP contribution in [-0.2, 0) is 15.0 Å². The molecule has 0 bridgehead atoms. The van der Waals surface area contributed by atoms with E-state index in [1.54, 1.807) is 6.07 Å². The molecule has 1 atom stereocenters. The van der Waals surface area contributed by atoms with Gasteiger partial charge in [0.15, 0.2) is 0 Å². The number of piperidine rings is 1. The van der Waals surface area contributed by atoms with Crippen molar-refractivity contribution in [2.75, 3.05) is 11.3 Å². The summed E-state index contributed by atoms with van der Waals surface area (Å²) in [5.41, 5.74) is 0. The van der Waals surface area contributed by atoms with Crippen LogP contribution >= 0.6 is 0 Å². The summed E-state index contributed by atoms with van der Waals surface area (Å²) in [6, 6.07) is 0.540. The van der Waals surface area contributed by atoms with Crippen molar-refractivity contribution in [3.8, 4) is 0 Å². The molecule has 0 radical (unpaired) electrons. The Morgan fingerprint density at radius 2 is 2.19 bits per heavy atom. The van der Waals surface area contributed by atoms with Crippen LogP contribution in [0.3, 0.4) is 0 Å². The van der Waals surface area contributed by atoms with Gasteiger partial charge in [-0.05, 0) is 33.1 Å². The van der Waals surface area contributed by atoms with Gasteiger partial charge in [0, 0.05) is 18.7 Å². The van der Waals surface area contributed by atoms with Crippen LogP contribution < -0.4 is 4.72 Å². The fourth-order valence-corrected chi connectivity index (χ4v) is 3.88. The standard InChI is InChI=1S/C12H20N4O4S/c1-9(2)16-11(6-7-13-16)14-21(19,20)15-8-4-3-5-10(15)12(17)18/h6-7,9-10,14H,3-5,8H2,1-2H3,(H,17,18). The average molecular weight is 316 g/mol. The van der Waals surface area contributed by atoms with E-state index in [2.05, 4.69) is 9.82 Å². The first-order valence-electron chi connectivity index (χ1n) is 6.89. The molecular formula is C12H20N4O4S. The van der Waals surface area contributed by atoms with Crippen molar-refractivity contribution < 1.29 is 18.3 Å². The number of aromatic nitrogens is 2. The molecule has 0 spiro atoms. The number of nitrogens with zero attached hydrogens (tertiary/aromatic N) is 3. The summed E-state index contributed by atoms with van der Waals surface area (Å²) in [5.74, 6) is -0.780. The van der Waals surface area contributed by atoms with Crippen molar-refractivity contribution in [2.45, 2.75) is 45.2 Å². The number of nitrogens with one attached hydrogen (secondary N) is 1. The van der Waals surface area contributed by atoms with Crippen molar-refractivity contribution in [3.63, 3.8) is 0 Å². The van der Waals surface area contributed by atoms with E-state index in [-0.39, 0.29) is 12.6 Å². The van der Waals surface area contributed by atoms with E-state index in [9.17, 15) is 18.3 Å². The number of carboxylic acid groups (broad SMARTS) is 1. The van der Waals surface area contributed by atoms with Gasteiger partial charge < -0.3 is 5.11 Å². The molecule has 8 nitrogen and oxygen atoms in total. The summed E-state index contributed by atoms with van der Waals surface area (Å²) in [5, 5.41) is 13.2. The lowest BCUT2D eigenvalue weighted by Crippen LogP contribution is -2.50. The summed E-state index contributed by atoms with van der Waals surface area (Å²) in [7, 11) is -3.91. The summed E-state index contributed by atoms with van der Waals surface area (Å²) < 4.78 is 29.9. The molecule has 1 aromatic rings. The predicted octanol–water partition coefficient (Wildman–Crippen LogP) is 1.06. The summed E-state index contributed by atoms with van der Waals surface area (Å²) in [6.45, 7) is 3.97. The van der Waals surface area contributed by atoms with Crippen molar-refractivity contribution in [1.82, 2.24) is 14.1 Å². The first kappa shape index (κ1) is 15.8. The second-order valence-corrected chi connectivity index (χ2v) is 6.95. The van der Waals surface area contributed by atoms with Crippen LogP contribution in [0.5, 0.6) is 0 Å². The lowest BCUT2D eigenvalue weighted by molar-refractivity contribution is -0.142. The molecule has 2 heterocycles. The second kappa shape index (κ2) is 6.02. The number of aliphatic carboxylic acids is 1. The zero-order valence-electron chi connectivity index (χ0n) is 12.1. The molecular weight excluding hydrogens is 296 g/mol. The summed E-state index contributed by atoms with van der Waals surface area (Å²) in [4.78, 5) is 11.2. The zero-order valence-corrected chi connectivity index (χ0v) is 12.9. The normalized spacial score (nSPS) is 20.6. The molecule has 0 saturated carbocycles. The van der Waals surface area contributed by atoms with Crippen LogP contribution in [0.1, 0.15) is 39.2 Å². The topological polar surface area (TPSA) is 105 Å². The minimum absolute atomic E-state index is 0.00525. The van der Waals surface area contributed by atoms with Gasteiger partial charge >= 0.3 is 16.2 Å². The third-order valence-electron chi connectivity index (χ3n) is 3.44. The lowest BCUT2D eigenvalue weighted by Gasteiger charge is -2.32. The third kappa shape index (κ3) is 3.35. The number of carbonyl (C=O) groups is 1. The monoisotopic (exact) mass is 316 g/mol. The molecule has 1 unspecified atom stereocenters. The molecule has 9 heteroatoms. The van der Waals surface area contributed by atoms with E-state index < -0.39 is 22.2 Å².